The third-order valence-corrected chi connectivity index (χ3v) is 2.80. The summed E-state index contributed by atoms with van der Waals surface area (Å²) in [6, 6.07) is 8.71. The highest BCUT2D eigenvalue weighted by Crippen LogP contribution is 2.08. The second-order valence-corrected chi connectivity index (χ2v) is 4.83. The molecule has 7 nitrogen and oxygen atoms in total. The molecule has 0 amide bonds. The maximum absolute atomic E-state index is 8.63. The highest BCUT2D eigenvalue weighted by molar-refractivity contribution is 6.18. The lowest BCUT2D eigenvalue weighted by molar-refractivity contribution is -0.0979. The predicted molar refractivity (Wildman–Crippen MR) is 99.5 cm³/mol. The van der Waals surface area contributed by atoms with Crippen LogP contribution >= 0.6 is 11.6 Å². The molecule has 1 atom stereocenters. The zero-order chi connectivity index (χ0) is 18.5. The summed E-state index contributed by atoms with van der Waals surface area (Å²) in [6.45, 7) is 8.01. The van der Waals surface area contributed by atoms with Gasteiger partial charge in [-0.05, 0) is 12.1 Å². The Morgan fingerprint density at radius 2 is 1.54 bits per heavy atom. The minimum atomic E-state index is 0.322. The Morgan fingerprint density at radius 1 is 1.08 bits per heavy atom. The van der Waals surface area contributed by atoms with Gasteiger partial charge in [0, 0.05) is 39.3 Å². The summed E-state index contributed by atoms with van der Waals surface area (Å²) < 4.78 is 4.73. The minimum absolute atomic E-state index is 0.322. The number of carbonyl (C=O) groups excluding carboxylic acids is 1. The summed E-state index contributed by atoms with van der Waals surface area (Å²) in [7, 11) is 0. The fourth-order valence-electron chi connectivity index (χ4n) is 1.22. The Morgan fingerprint density at radius 3 is 1.75 bits per heavy atom. The summed E-state index contributed by atoms with van der Waals surface area (Å²) in [5.74, 6) is 0.988. The van der Waals surface area contributed by atoms with E-state index in [1.54, 1.807) is 24.3 Å². The highest BCUT2D eigenvalue weighted by Gasteiger charge is 2.19. The van der Waals surface area contributed by atoms with Gasteiger partial charge in [0.15, 0.2) is 0 Å². The standard InChI is InChI=1S/C6H18N4.C6H6O.C3H5ClO.CH2O/c7-1-3-9-5-6-10-4-2-8;7-6-4-2-1-3-5-6;4-1-3-2-5-3;1-2/h9-10H,1-8H2;1-5,7H;3H,1-2H2;1H2. The number of alkyl halides is 1. The molecule has 1 unspecified atom stereocenters. The normalized spacial score (nSPS) is 14.0. The molecule has 0 radical (unpaired) electrons. The number of para-hydroxylation sites is 1. The third kappa shape index (κ3) is 23.1. The molecule has 24 heavy (non-hydrogen) atoms. The minimum Gasteiger partial charge on any atom is -0.508 e. The molecular weight excluding hydrogens is 332 g/mol. The van der Waals surface area contributed by atoms with Crippen molar-refractivity contribution in [2.45, 2.75) is 6.10 Å². The smallest absolute Gasteiger partial charge is 0.115 e. The molecule has 1 aromatic rings. The number of epoxide rings is 1. The second kappa shape index (κ2) is 21.8. The Labute approximate surface area is 149 Å². The number of nitrogens with one attached hydrogen (secondary N) is 2. The molecule has 1 aromatic carbocycles. The van der Waals surface area contributed by atoms with E-state index in [0.717, 1.165) is 32.8 Å². The molecule has 1 fully saturated rings. The van der Waals surface area contributed by atoms with Crippen molar-refractivity contribution in [1.29, 1.82) is 0 Å². The Balaban J connectivity index is 0. The van der Waals surface area contributed by atoms with Crippen molar-refractivity contribution in [2.75, 3.05) is 51.8 Å². The van der Waals surface area contributed by atoms with Crippen molar-refractivity contribution in [2.24, 2.45) is 11.5 Å². The maximum Gasteiger partial charge on any atom is 0.115 e. The molecule has 0 aromatic heterocycles. The number of hydrogen-bond acceptors (Lipinski definition) is 7. The molecule has 2 rings (SSSR count). The van der Waals surface area contributed by atoms with Gasteiger partial charge < -0.3 is 36.7 Å². The Bertz CT molecular complexity index is 335. The molecule has 8 heteroatoms. The van der Waals surface area contributed by atoms with Crippen LogP contribution in [0.15, 0.2) is 30.3 Å². The quantitative estimate of drug-likeness (QED) is 0.248. The summed E-state index contributed by atoms with van der Waals surface area (Å²) in [4.78, 5) is 8.00. The van der Waals surface area contributed by atoms with E-state index in [-0.39, 0.29) is 0 Å². The van der Waals surface area contributed by atoms with Gasteiger partial charge in [0.25, 0.3) is 0 Å². The van der Waals surface area contributed by atoms with E-state index in [2.05, 4.69) is 10.6 Å². The van der Waals surface area contributed by atoms with Gasteiger partial charge in [0.05, 0.1) is 18.6 Å². The van der Waals surface area contributed by atoms with Crippen molar-refractivity contribution in [3.05, 3.63) is 30.3 Å². The number of rotatable bonds is 8. The summed E-state index contributed by atoms with van der Waals surface area (Å²) in [5, 5.41) is 15.0. The molecule has 1 aliphatic heterocycles. The van der Waals surface area contributed by atoms with E-state index >= 15 is 0 Å². The first kappa shape index (κ1) is 25.0. The molecule has 0 aliphatic carbocycles. The average Bonchev–Trinajstić information content (AvgIpc) is 3.46. The molecule has 7 N–H and O–H groups in total. The first-order valence-electron chi connectivity index (χ1n) is 7.76. The van der Waals surface area contributed by atoms with E-state index in [4.69, 9.17) is 37.7 Å². The van der Waals surface area contributed by atoms with Crippen LogP contribution in [0.5, 0.6) is 5.75 Å². The van der Waals surface area contributed by atoms with Crippen molar-refractivity contribution in [1.82, 2.24) is 10.6 Å². The average molecular weight is 363 g/mol. The highest BCUT2D eigenvalue weighted by atomic mass is 35.5. The SMILES string of the molecule is C=O.ClCC1CO1.NCCNCCNCCN.Oc1ccccc1. The van der Waals surface area contributed by atoms with E-state index in [1.807, 2.05) is 12.9 Å². The van der Waals surface area contributed by atoms with Crippen molar-refractivity contribution < 1.29 is 14.6 Å². The zero-order valence-electron chi connectivity index (χ0n) is 14.1. The summed E-state index contributed by atoms with van der Waals surface area (Å²) >= 11 is 5.27. The first-order chi connectivity index (χ1) is 11.7. The van der Waals surface area contributed by atoms with Crippen molar-refractivity contribution in [3.63, 3.8) is 0 Å². The largest absolute Gasteiger partial charge is 0.508 e. The van der Waals surface area contributed by atoms with Gasteiger partial charge in [-0.3, -0.25) is 0 Å². The number of halogens is 1. The number of benzene rings is 1. The number of phenols is 1. The van der Waals surface area contributed by atoms with E-state index in [1.165, 1.54) is 0 Å². The van der Waals surface area contributed by atoms with E-state index < -0.39 is 0 Å². The molecule has 140 valence electrons. The maximum atomic E-state index is 8.63. The number of ether oxygens (including phenoxy) is 1. The molecular formula is C16H31ClN4O3. The molecule has 1 saturated heterocycles. The van der Waals surface area contributed by atoms with Crippen LogP contribution in [0.1, 0.15) is 0 Å². The second-order valence-electron chi connectivity index (χ2n) is 4.52. The van der Waals surface area contributed by atoms with Crippen LogP contribution in [0, 0.1) is 0 Å². The van der Waals surface area contributed by atoms with Crippen LogP contribution < -0.4 is 22.1 Å². The van der Waals surface area contributed by atoms with Crippen LogP contribution in [0.2, 0.25) is 0 Å². The van der Waals surface area contributed by atoms with Crippen LogP contribution in [0.4, 0.5) is 0 Å². The lowest BCUT2D eigenvalue weighted by Gasteiger charge is -2.03. The van der Waals surface area contributed by atoms with Gasteiger partial charge >= 0.3 is 0 Å². The zero-order valence-corrected chi connectivity index (χ0v) is 14.9. The van der Waals surface area contributed by atoms with Gasteiger partial charge in [0.2, 0.25) is 0 Å². The third-order valence-electron chi connectivity index (χ3n) is 2.45. The lowest BCUT2D eigenvalue weighted by Crippen LogP contribution is -2.32. The monoisotopic (exact) mass is 362 g/mol. The molecule has 0 saturated carbocycles. The van der Waals surface area contributed by atoms with Crippen molar-refractivity contribution >= 4 is 18.4 Å². The van der Waals surface area contributed by atoms with Crippen LogP contribution in [0.3, 0.4) is 0 Å². The van der Waals surface area contributed by atoms with Gasteiger partial charge in [-0.15, -0.1) is 11.6 Å². The Hall–Kier alpha value is -1.22. The van der Waals surface area contributed by atoms with Gasteiger partial charge in [-0.25, -0.2) is 0 Å². The van der Waals surface area contributed by atoms with Crippen LogP contribution in [0.25, 0.3) is 0 Å². The number of phenolic OH excluding ortho intramolecular Hbond substituents is 1. The van der Waals surface area contributed by atoms with E-state index in [9.17, 15) is 0 Å². The fourth-order valence-corrected chi connectivity index (χ4v) is 1.39. The fraction of sp³-hybridized carbons (Fsp3) is 0.562. The summed E-state index contributed by atoms with van der Waals surface area (Å²) in [5.41, 5.74) is 10.5. The van der Waals surface area contributed by atoms with Crippen molar-refractivity contribution in [3.8, 4) is 5.75 Å². The first-order valence-corrected chi connectivity index (χ1v) is 8.30. The number of carbonyl (C=O) groups is 1. The molecule has 0 spiro atoms. The predicted octanol–water partition coefficient (Wildman–Crippen LogP) is -0.0857. The van der Waals surface area contributed by atoms with Gasteiger partial charge in [-0.1, -0.05) is 18.2 Å². The van der Waals surface area contributed by atoms with E-state index in [0.29, 0.717) is 30.8 Å². The Kier molecular flexibility index (Phi) is 22.7. The molecule has 1 heterocycles. The van der Waals surface area contributed by atoms with Crippen LogP contribution in [-0.2, 0) is 9.53 Å². The van der Waals surface area contributed by atoms with Crippen LogP contribution in [-0.4, -0.2) is 69.8 Å². The molecule has 1 aliphatic rings. The van der Waals surface area contributed by atoms with Gasteiger partial charge in [0.1, 0.15) is 12.5 Å². The number of aromatic hydroxyl groups is 1. The topological polar surface area (TPSA) is 126 Å². The lowest BCUT2D eigenvalue weighted by atomic mass is 10.3. The number of nitrogens with two attached hydrogens (primary N) is 2. The summed E-state index contributed by atoms with van der Waals surface area (Å²) in [6.07, 6.45) is 0.400. The number of hydrogen-bond donors (Lipinski definition) is 5. The molecule has 0 bridgehead atoms. The van der Waals surface area contributed by atoms with Gasteiger partial charge in [-0.2, -0.15) is 0 Å².